The lowest BCUT2D eigenvalue weighted by molar-refractivity contribution is -0.138. The molecule has 1 atom stereocenters. The number of nitrogens with zero attached hydrogens (tertiary/aromatic N) is 2. The molecular formula is C17H24Cl3N3O3. The maximum Gasteiger partial charge on any atom is 0.317 e. The molecule has 2 rings (SSSR count). The Morgan fingerprint density at radius 3 is 2.54 bits per heavy atom. The minimum atomic E-state index is -0.823. The van der Waals surface area contributed by atoms with Crippen LogP contribution in [0.4, 0.5) is 5.69 Å². The number of likely N-dealkylation sites (tertiary alicyclic amines) is 1. The van der Waals surface area contributed by atoms with E-state index in [0.717, 1.165) is 25.9 Å². The number of hydrogen-bond donors (Lipinski definition) is 2. The van der Waals surface area contributed by atoms with Gasteiger partial charge in [-0.2, -0.15) is 0 Å². The number of hydrogen-bond acceptors (Lipinski definition) is 4. The van der Waals surface area contributed by atoms with Crippen LogP contribution in [-0.2, 0) is 9.59 Å². The molecule has 1 saturated heterocycles. The van der Waals surface area contributed by atoms with Gasteiger partial charge in [-0.3, -0.25) is 19.4 Å². The predicted molar refractivity (Wildman–Crippen MR) is 107 cm³/mol. The summed E-state index contributed by atoms with van der Waals surface area (Å²) in [6.07, 6.45) is 1.67. The molecule has 1 aromatic carbocycles. The van der Waals surface area contributed by atoms with Crippen molar-refractivity contribution in [2.75, 3.05) is 32.0 Å². The van der Waals surface area contributed by atoms with Gasteiger partial charge in [0, 0.05) is 24.2 Å². The molecule has 0 aliphatic carbocycles. The molecule has 0 bridgehead atoms. The van der Waals surface area contributed by atoms with Crippen molar-refractivity contribution in [3.05, 3.63) is 28.2 Å². The first-order valence-electron chi connectivity index (χ1n) is 8.20. The van der Waals surface area contributed by atoms with Crippen molar-refractivity contribution in [3.8, 4) is 0 Å². The quantitative estimate of drug-likeness (QED) is 0.733. The van der Waals surface area contributed by atoms with Crippen LogP contribution >= 0.6 is 35.6 Å². The number of likely N-dealkylation sites (N-methyl/N-ethyl adjacent to an activating group) is 1. The third kappa shape index (κ3) is 6.28. The van der Waals surface area contributed by atoms with Gasteiger partial charge in [0.05, 0.1) is 23.3 Å². The summed E-state index contributed by atoms with van der Waals surface area (Å²) in [7, 11) is 1.83. The molecule has 1 aliphatic heterocycles. The van der Waals surface area contributed by atoms with Crippen molar-refractivity contribution in [1.29, 1.82) is 0 Å². The standard InChI is InChI=1S/C17H23Cl2N3O3.ClH/c1-11(17(25)20-15-9-12(18)3-4-14(15)19)22-7-5-13(6-8-22)21(2)10-16(23)24;/h3-4,9,11,13H,5-8,10H2,1-2H3,(H,20,25)(H,23,24);1H. The minimum absolute atomic E-state index is 0. The lowest BCUT2D eigenvalue weighted by Crippen LogP contribution is -2.50. The largest absolute Gasteiger partial charge is 0.480 e. The third-order valence-corrected chi connectivity index (χ3v) is 5.19. The molecule has 6 nitrogen and oxygen atoms in total. The van der Waals surface area contributed by atoms with Crippen LogP contribution in [0.2, 0.25) is 10.0 Å². The third-order valence-electron chi connectivity index (χ3n) is 4.62. The molecule has 0 radical (unpaired) electrons. The minimum Gasteiger partial charge on any atom is -0.480 e. The van der Waals surface area contributed by atoms with Gasteiger partial charge in [-0.25, -0.2) is 0 Å². The number of carbonyl (C=O) groups is 2. The highest BCUT2D eigenvalue weighted by molar-refractivity contribution is 6.35. The van der Waals surface area contributed by atoms with Crippen molar-refractivity contribution < 1.29 is 14.7 Å². The second-order valence-electron chi connectivity index (χ2n) is 6.37. The summed E-state index contributed by atoms with van der Waals surface area (Å²) < 4.78 is 0. The number of anilines is 1. The van der Waals surface area contributed by atoms with E-state index in [-0.39, 0.29) is 36.9 Å². The van der Waals surface area contributed by atoms with E-state index in [1.54, 1.807) is 18.2 Å². The molecule has 1 amide bonds. The zero-order valence-electron chi connectivity index (χ0n) is 14.7. The van der Waals surface area contributed by atoms with Crippen LogP contribution in [0.5, 0.6) is 0 Å². The monoisotopic (exact) mass is 423 g/mol. The van der Waals surface area contributed by atoms with E-state index in [4.69, 9.17) is 28.3 Å². The van der Waals surface area contributed by atoms with Gasteiger partial charge in [0.2, 0.25) is 5.91 Å². The first kappa shape index (κ1) is 23.0. The van der Waals surface area contributed by atoms with Gasteiger partial charge in [-0.05, 0) is 45.0 Å². The van der Waals surface area contributed by atoms with Gasteiger partial charge < -0.3 is 10.4 Å². The first-order chi connectivity index (χ1) is 11.8. The molecule has 1 fully saturated rings. The Bertz CT molecular complexity index is 637. The van der Waals surface area contributed by atoms with Crippen LogP contribution in [0.3, 0.4) is 0 Å². The Labute approximate surface area is 169 Å². The smallest absolute Gasteiger partial charge is 0.317 e. The topological polar surface area (TPSA) is 72.9 Å². The van der Waals surface area contributed by atoms with Gasteiger partial charge >= 0.3 is 5.97 Å². The molecule has 9 heteroatoms. The second kappa shape index (κ2) is 10.3. The highest BCUT2D eigenvalue weighted by Crippen LogP contribution is 2.26. The van der Waals surface area contributed by atoms with Gasteiger partial charge in [0.1, 0.15) is 0 Å². The number of amides is 1. The molecule has 0 saturated carbocycles. The Kier molecular flexibility index (Phi) is 9.13. The molecule has 26 heavy (non-hydrogen) atoms. The van der Waals surface area contributed by atoms with E-state index in [0.29, 0.717) is 15.7 Å². The van der Waals surface area contributed by atoms with Crippen LogP contribution in [0.15, 0.2) is 18.2 Å². The highest BCUT2D eigenvalue weighted by Gasteiger charge is 2.29. The van der Waals surface area contributed by atoms with Crippen molar-refractivity contribution in [3.63, 3.8) is 0 Å². The fourth-order valence-corrected chi connectivity index (χ4v) is 3.39. The van der Waals surface area contributed by atoms with Crippen LogP contribution in [0.25, 0.3) is 0 Å². The Morgan fingerprint density at radius 1 is 1.35 bits per heavy atom. The molecule has 1 aliphatic rings. The number of rotatable bonds is 6. The van der Waals surface area contributed by atoms with Crippen LogP contribution in [-0.4, -0.2) is 65.5 Å². The zero-order chi connectivity index (χ0) is 18.6. The second-order valence-corrected chi connectivity index (χ2v) is 7.21. The molecular weight excluding hydrogens is 401 g/mol. The van der Waals surface area contributed by atoms with E-state index in [9.17, 15) is 9.59 Å². The average Bonchev–Trinajstić information content (AvgIpc) is 2.57. The normalized spacial score (nSPS) is 16.8. The van der Waals surface area contributed by atoms with Crippen molar-refractivity contribution in [1.82, 2.24) is 9.80 Å². The fraction of sp³-hybridized carbons (Fsp3) is 0.529. The SMILES string of the molecule is CC(C(=O)Nc1cc(Cl)ccc1Cl)N1CCC(N(C)CC(=O)O)CC1.Cl. The zero-order valence-corrected chi connectivity index (χ0v) is 17.1. The molecule has 1 heterocycles. The number of piperidine rings is 1. The Balaban J connectivity index is 0.00000338. The summed E-state index contributed by atoms with van der Waals surface area (Å²) >= 11 is 12.0. The summed E-state index contributed by atoms with van der Waals surface area (Å²) in [4.78, 5) is 27.3. The van der Waals surface area contributed by atoms with E-state index < -0.39 is 5.97 Å². The van der Waals surface area contributed by atoms with Crippen molar-refractivity contribution in [2.24, 2.45) is 0 Å². The number of halogens is 3. The molecule has 0 aromatic heterocycles. The summed E-state index contributed by atoms with van der Waals surface area (Å²) in [6, 6.07) is 4.86. The summed E-state index contributed by atoms with van der Waals surface area (Å²) in [5, 5.41) is 12.7. The van der Waals surface area contributed by atoms with E-state index in [1.807, 2.05) is 18.9 Å². The Hall–Kier alpha value is -1.05. The number of benzene rings is 1. The van der Waals surface area contributed by atoms with Gasteiger partial charge in [0.15, 0.2) is 0 Å². The number of carbonyl (C=O) groups excluding carboxylic acids is 1. The summed E-state index contributed by atoms with van der Waals surface area (Å²) in [5.41, 5.74) is 0.502. The Morgan fingerprint density at radius 2 is 1.96 bits per heavy atom. The number of aliphatic carboxylic acids is 1. The highest BCUT2D eigenvalue weighted by atomic mass is 35.5. The maximum atomic E-state index is 12.5. The molecule has 1 aromatic rings. The van der Waals surface area contributed by atoms with Crippen LogP contribution in [0.1, 0.15) is 19.8 Å². The number of carboxylic acid groups (broad SMARTS) is 1. The maximum absolute atomic E-state index is 12.5. The van der Waals surface area contributed by atoms with Gasteiger partial charge in [-0.15, -0.1) is 12.4 Å². The predicted octanol–water partition coefficient (Wildman–Crippen LogP) is 3.22. The van der Waals surface area contributed by atoms with Crippen molar-refractivity contribution in [2.45, 2.75) is 31.8 Å². The first-order valence-corrected chi connectivity index (χ1v) is 8.95. The van der Waals surface area contributed by atoms with Crippen LogP contribution < -0.4 is 5.32 Å². The number of carboxylic acids is 1. The fourth-order valence-electron chi connectivity index (χ4n) is 3.05. The summed E-state index contributed by atoms with van der Waals surface area (Å²) in [5.74, 6) is -0.961. The van der Waals surface area contributed by atoms with Gasteiger partial charge in [0.25, 0.3) is 0 Å². The molecule has 2 N–H and O–H groups in total. The lowest BCUT2D eigenvalue weighted by Gasteiger charge is -2.38. The molecule has 1 unspecified atom stereocenters. The average molecular weight is 425 g/mol. The lowest BCUT2D eigenvalue weighted by atomic mass is 10.0. The molecule has 0 spiro atoms. The van der Waals surface area contributed by atoms with E-state index >= 15 is 0 Å². The summed E-state index contributed by atoms with van der Waals surface area (Å²) in [6.45, 7) is 3.38. The van der Waals surface area contributed by atoms with Crippen molar-refractivity contribution >= 4 is 53.2 Å². The van der Waals surface area contributed by atoms with Crippen LogP contribution in [0, 0.1) is 0 Å². The molecule has 146 valence electrons. The van der Waals surface area contributed by atoms with E-state index in [1.165, 1.54) is 0 Å². The number of nitrogens with one attached hydrogen (secondary N) is 1. The van der Waals surface area contributed by atoms with Gasteiger partial charge in [-0.1, -0.05) is 23.2 Å². The van der Waals surface area contributed by atoms with E-state index in [2.05, 4.69) is 10.2 Å².